The molecule has 18 heavy (non-hydrogen) atoms. The van der Waals surface area contributed by atoms with E-state index in [2.05, 4.69) is 30.9 Å². The van der Waals surface area contributed by atoms with Gasteiger partial charge in [0.1, 0.15) is 11.4 Å². The maximum Gasteiger partial charge on any atom is 0.311 e. The minimum absolute atomic E-state index is 0.265. The zero-order valence-electron chi connectivity index (χ0n) is 9.63. The topological polar surface area (TPSA) is 76.2 Å². The van der Waals surface area contributed by atoms with E-state index < -0.39 is 11.9 Å². The van der Waals surface area contributed by atoms with E-state index in [1.165, 1.54) is 0 Å². The third-order valence-electron chi connectivity index (χ3n) is 2.69. The summed E-state index contributed by atoms with van der Waals surface area (Å²) in [7, 11) is 0. The van der Waals surface area contributed by atoms with Crippen molar-refractivity contribution in [3.8, 4) is 0 Å². The number of hydrogen-bond acceptors (Lipinski definition) is 4. The highest BCUT2D eigenvalue weighted by atomic mass is 79.9. The Kier molecular flexibility index (Phi) is 3.76. The number of benzene rings is 1. The molecule has 0 aliphatic rings. The van der Waals surface area contributed by atoms with Crippen molar-refractivity contribution in [2.24, 2.45) is 0 Å². The van der Waals surface area contributed by atoms with Crippen LogP contribution in [0.1, 0.15) is 22.9 Å². The van der Waals surface area contributed by atoms with Gasteiger partial charge in [-0.3, -0.25) is 4.79 Å². The standard InChI is InChI=1S/C12H11BrN2O3/c1-7-11(15-18-14-7)6-10(12(16)17)8-3-2-4-9(13)5-8/h2-5,10H,6H2,1H3,(H,16,17). The highest BCUT2D eigenvalue weighted by molar-refractivity contribution is 9.10. The molecule has 0 saturated heterocycles. The molecule has 1 aromatic heterocycles. The number of aryl methyl sites for hydroxylation is 1. The molecule has 1 unspecified atom stereocenters. The van der Waals surface area contributed by atoms with Crippen LogP contribution in [0.3, 0.4) is 0 Å². The fourth-order valence-electron chi connectivity index (χ4n) is 1.70. The van der Waals surface area contributed by atoms with Crippen LogP contribution in [0.25, 0.3) is 0 Å². The quantitative estimate of drug-likeness (QED) is 0.939. The molecule has 1 heterocycles. The summed E-state index contributed by atoms with van der Waals surface area (Å²) in [6.45, 7) is 1.74. The first-order valence-electron chi connectivity index (χ1n) is 5.34. The summed E-state index contributed by atoms with van der Waals surface area (Å²) in [5.41, 5.74) is 1.91. The minimum Gasteiger partial charge on any atom is -0.481 e. The van der Waals surface area contributed by atoms with Crippen LogP contribution in [-0.4, -0.2) is 21.4 Å². The SMILES string of the molecule is Cc1nonc1CC(C(=O)O)c1cccc(Br)c1. The first-order chi connectivity index (χ1) is 8.58. The Bertz CT molecular complexity index is 568. The van der Waals surface area contributed by atoms with Gasteiger partial charge in [0.05, 0.1) is 5.92 Å². The van der Waals surface area contributed by atoms with E-state index in [4.69, 9.17) is 0 Å². The lowest BCUT2D eigenvalue weighted by Crippen LogP contribution is -2.15. The number of rotatable bonds is 4. The number of hydrogen-bond donors (Lipinski definition) is 1. The first-order valence-corrected chi connectivity index (χ1v) is 6.13. The van der Waals surface area contributed by atoms with Gasteiger partial charge >= 0.3 is 5.97 Å². The predicted molar refractivity (Wildman–Crippen MR) is 67.3 cm³/mol. The summed E-state index contributed by atoms with van der Waals surface area (Å²) in [5.74, 6) is -1.55. The molecule has 0 aliphatic heterocycles. The van der Waals surface area contributed by atoms with Gasteiger partial charge in [-0.15, -0.1) is 0 Å². The third kappa shape index (κ3) is 2.76. The van der Waals surface area contributed by atoms with Crippen LogP contribution < -0.4 is 0 Å². The van der Waals surface area contributed by atoms with E-state index in [1.807, 2.05) is 12.1 Å². The molecule has 0 fully saturated rings. The third-order valence-corrected chi connectivity index (χ3v) is 3.19. The van der Waals surface area contributed by atoms with E-state index in [0.717, 1.165) is 10.0 Å². The molecule has 0 bridgehead atoms. The summed E-state index contributed by atoms with van der Waals surface area (Å²) >= 11 is 3.33. The number of carboxylic acids is 1. The lowest BCUT2D eigenvalue weighted by Gasteiger charge is -2.11. The molecule has 0 spiro atoms. The molecular weight excluding hydrogens is 300 g/mol. The molecule has 1 atom stereocenters. The Morgan fingerprint density at radius 3 is 2.83 bits per heavy atom. The summed E-state index contributed by atoms with van der Waals surface area (Å²) in [6.07, 6.45) is 0.265. The van der Waals surface area contributed by atoms with Gasteiger partial charge in [0.25, 0.3) is 0 Å². The number of aliphatic carboxylic acids is 1. The Labute approximate surface area is 112 Å². The minimum atomic E-state index is -0.893. The lowest BCUT2D eigenvalue weighted by molar-refractivity contribution is -0.138. The number of carbonyl (C=O) groups is 1. The molecular formula is C12H11BrN2O3. The Balaban J connectivity index is 2.30. The fraction of sp³-hybridized carbons (Fsp3) is 0.250. The largest absolute Gasteiger partial charge is 0.481 e. The van der Waals surface area contributed by atoms with E-state index in [1.54, 1.807) is 19.1 Å². The average Bonchev–Trinajstić information content (AvgIpc) is 2.71. The molecule has 5 nitrogen and oxygen atoms in total. The molecule has 2 rings (SSSR count). The highest BCUT2D eigenvalue weighted by Crippen LogP contribution is 2.24. The van der Waals surface area contributed by atoms with Crippen LogP contribution in [0.5, 0.6) is 0 Å². The number of aromatic nitrogens is 2. The van der Waals surface area contributed by atoms with Gasteiger partial charge in [-0.05, 0) is 24.6 Å². The maximum atomic E-state index is 11.4. The van der Waals surface area contributed by atoms with Crippen molar-refractivity contribution in [2.45, 2.75) is 19.3 Å². The zero-order valence-corrected chi connectivity index (χ0v) is 11.2. The monoisotopic (exact) mass is 310 g/mol. The van der Waals surface area contributed by atoms with Crippen molar-refractivity contribution in [1.82, 2.24) is 10.3 Å². The van der Waals surface area contributed by atoms with Crippen molar-refractivity contribution in [3.05, 3.63) is 45.7 Å². The Morgan fingerprint density at radius 1 is 1.50 bits per heavy atom. The molecule has 1 N–H and O–H groups in total. The Morgan fingerprint density at radius 2 is 2.28 bits per heavy atom. The van der Waals surface area contributed by atoms with E-state index in [9.17, 15) is 9.90 Å². The van der Waals surface area contributed by atoms with Crippen molar-refractivity contribution in [1.29, 1.82) is 0 Å². The lowest BCUT2D eigenvalue weighted by atomic mass is 9.94. The molecule has 6 heteroatoms. The van der Waals surface area contributed by atoms with Crippen LogP contribution in [-0.2, 0) is 11.2 Å². The fourth-order valence-corrected chi connectivity index (χ4v) is 2.12. The summed E-state index contributed by atoms with van der Waals surface area (Å²) in [5, 5.41) is 16.7. The second-order valence-corrected chi connectivity index (χ2v) is 4.86. The summed E-state index contributed by atoms with van der Waals surface area (Å²) in [4.78, 5) is 11.4. The molecule has 94 valence electrons. The predicted octanol–water partition coefficient (Wildman–Crippen LogP) is 2.55. The Hall–Kier alpha value is -1.69. The number of halogens is 1. The smallest absolute Gasteiger partial charge is 0.311 e. The summed E-state index contributed by atoms with van der Waals surface area (Å²) in [6, 6.07) is 7.24. The van der Waals surface area contributed by atoms with E-state index in [-0.39, 0.29) is 6.42 Å². The van der Waals surface area contributed by atoms with Crippen LogP contribution in [0, 0.1) is 6.92 Å². The van der Waals surface area contributed by atoms with Crippen LogP contribution in [0.4, 0.5) is 0 Å². The average molecular weight is 311 g/mol. The number of nitrogens with zero attached hydrogens (tertiary/aromatic N) is 2. The molecule has 0 amide bonds. The molecule has 0 radical (unpaired) electrons. The van der Waals surface area contributed by atoms with Crippen molar-refractivity contribution in [2.75, 3.05) is 0 Å². The van der Waals surface area contributed by atoms with Crippen LogP contribution in [0.15, 0.2) is 33.4 Å². The second kappa shape index (κ2) is 5.30. The molecule has 0 aliphatic carbocycles. The van der Waals surface area contributed by atoms with Gasteiger partial charge < -0.3 is 5.11 Å². The van der Waals surface area contributed by atoms with Crippen LogP contribution in [0.2, 0.25) is 0 Å². The highest BCUT2D eigenvalue weighted by Gasteiger charge is 2.23. The van der Waals surface area contributed by atoms with Crippen LogP contribution >= 0.6 is 15.9 Å². The molecule has 1 aromatic carbocycles. The zero-order chi connectivity index (χ0) is 13.1. The van der Waals surface area contributed by atoms with Crippen molar-refractivity contribution in [3.63, 3.8) is 0 Å². The van der Waals surface area contributed by atoms with E-state index in [0.29, 0.717) is 11.4 Å². The molecule has 0 saturated carbocycles. The normalized spacial score (nSPS) is 12.3. The van der Waals surface area contributed by atoms with Gasteiger partial charge in [0, 0.05) is 10.9 Å². The second-order valence-electron chi connectivity index (χ2n) is 3.95. The van der Waals surface area contributed by atoms with Gasteiger partial charge in [-0.25, -0.2) is 4.63 Å². The first kappa shape index (κ1) is 12.8. The van der Waals surface area contributed by atoms with Gasteiger partial charge in [-0.2, -0.15) is 0 Å². The van der Waals surface area contributed by atoms with E-state index >= 15 is 0 Å². The van der Waals surface area contributed by atoms with Gasteiger partial charge in [0.2, 0.25) is 0 Å². The van der Waals surface area contributed by atoms with Crippen molar-refractivity contribution < 1.29 is 14.5 Å². The summed E-state index contributed by atoms with van der Waals surface area (Å²) < 4.78 is 5.43. The van der Waals surface area contributed by atoms with Gasteiger partial charge in [0.15, 0.2) is 0 Å². The van der Waals surface area contributed by atoms with Gasteiger partial charge in [-0.1, -0.05) is 38.4 Å². The van der Waals surface area contributed by atoms with Crippen molar-refractivity contribution >= 4 is 21.9 Å². The molecule has 2 aromatic rings. The number of carboxylic acid groups (broad SMARTS) is 1. The maximum absolute atomic E-state index is 11.4.